The second kappa shape index (κ2) is 6.62. The first-order valence-electron chi connectivity index (χ1n) is 7.78. The van der Waals surface area contributed by atoms with E-state index in [1.54, 1.807) is 55.5 Å². The maximum absolute atomic E-state index is 12.8. The van der Waals surface area contributed by atoms with E-state index in [1.807, 2.05) is 6.07 Å². The van der Waals surface area contributed by atoms with Crippen LogP contribution in [-0.4, -0.2) is 29.2 Å². The van der Waals surface area contributed by atoms with E-state index in [4.69, 9.17) is 16.9 Å². The minimum Gasteiger partial charge on any atom is -0.319 e. The minimum atomic E-state index is -1.33. The number of carbonyl (C=O) groups excluding carboxylic acids is 3. The second-order valence-electron chi connectivity index (χ2n) is 6.07. The zero-order chi connectivity index (χ0) is 18.9. The fraction of sp³-hybridized carbons (Fsp3) is 0.158. The smallest absolute Gasteiger partial charge is 0.319 e. The molecule has 1 unspecified atom stereocenters. The molecule has 2 aromatic carbocycles. The maximum atomic E-state index is 12.8. The molecule has 0 aliphatic carbocycles. The molecular formula is C19H14ClN3O3. The number of urea groups is 1. The van der Waals surface area contributed by atoms with Gasteiger partial charge in [-0.2, -0.15) is 5.26 Å². The number of nitrogens with zero attached hydrogens (tertiary/aromatic N) is 2. The minimum absolute atomic E-state index is 0.357. The van der Waals surface area contributed by atoms with Gasteiger partial charge in [0.1, 0.15) is 5.54 Å². The fourth-order valence-electron chi connectivity index (χ4n) is 2.81. The van der Waals surface area contributed by atoms with E-state index < -0.39 is 17.5 Å². The molecule has 2 aromatic rings. The summed E-state index contributed by atoms with van der Waals surface area (Å²) in [5.41, 5.74) is -0.114. The molecule has 3 amide bonds. The van der Waals surface area contributed by atoms with Crippen LogP contribution in [0, 0.1) is 11.3 Å². The molecule has 3 rings (SSSR count). The molecule has 26 heavy (non-hydrogen) atoms. The number of carbonyl (C=O) groups is 3. The molecule has 0 saturated carbocycles. The van der Waals surface area contributed by atoms with Gasteiger partial charge in [0, 0.05) is 10.6 Å². The number of benzene rings is 2. The molecule has 0 spiro atoms. The average molecular weight is 368 g/mol. The van der Waals surface area contributed by atoms with Gasteiger partial charge in [-0.25, -0.2) is 4.79 Å². The number of nitriles is 1. The van der Waals surface area contributed by atoms with Crippen molar-refractivity contribution >= 4 is 29.3 Å². The van der Waals surface area contributed by atoms with Gasteiger partial charge in [-0.3, -0.25) is 14.5 Å². The molecule has 1 atom stereocenters. The van der Waals surface area contributed by atoms with Crippen LogP contribution in [0.1, 0.15) is 28.4 Å². The predicted octanol–water partition coefficient (Wildman–Crippen LogP) is 2.86. The van der Waals surface area contributed by atoms with E-state index in [0.717, 1.165) is 4.90 Å². The normalized spacial score (nSPS) is 19.2. The Bertz CT molecular complexity index is 949. The molecule has 1 heterocycles. The zero-order valence-electron chi connectivity index (χ0n) is 13.8. The summed E-state index contributed by atoms with van der Waals surface area (Å²) >= 11 is 5.80. The van der Waals surface area contributed by atoms with E-state index in [0.29, 0.717) is 21.7 Å². The topological polar surface area (TPSA) is 90.3 Å². The number of Topliss-reactive ketones (excluding diaryl/α,β-unsaturated/α-hetero) is 1. The molecule has 0 bridgehead atoms. The first-order chi connectivity index (χ1) is 12.3. The van der Waals surface area contributed by atoms with E-state index >= 15 is 0 Å². The van der Waals surface area contributed by atoms with Crippen molar-refractivity contribution in [1.29, 1.82) is 5.26 Å². The molecule has 0 radical (unpaired) electrons. The highest BCUT2D eigenvalue weighted by molar-refractivity contribution is 6.30. The first-order valence-corrected chi connectivity index (χ1v) is 8.16. The Morgan fingerprint density at radius 1 is 1.23 bits per heavy atom. The highest BCUT2D eigenvalue weighted by atomic mass is 35.5. The van der Waals surface area contributed by atoms with Crippen LogP contribution in [0.15, 0.2) is 48.5 Å². The van der Waals surface area contributed by atoms with Gasteiger partial charge in [-0.05, 0) is 48.9 Å². The monoisotopic (exact) mass is 367 g/mol. The molecule has 6 nitrogen and oxygen atoms in total. The molecule has 1 saturated heterocycles. The number of ketones is 1. The van der Waals surface area contributed by atoms with E-state index in [2.05, 4.69) is 5.32 Å². The number of hydrogen-bond acceptors (Lipinski definition) is 4. The van der Waals surface area contributed by atoms with Crippen LogP contribution in [0.3, 0.4) is 0 Å². The second-order valence-corrected chi connectivity index (χ2v) is 6.51. The number of nitrogens with one attached hydrogen (secondary N) is 1. The number of halogens is 1. The molecule has 130 valence electrons. The van der Waals surface area contributed by atoms with Crippen molar-refractivity contribution in [3.63, 3.8) is 0 Å². The Kier molecular flexibility index (Phi) is 4.49. The summed E-state index contributed by atoms with van der Waals surface area (Å²) in [5.74, 6) is -0.917. The van der Waals surface area contributed by atoms with Gasteiger partial charge in [0.15, 0.2) is 5.78 Å². The summed E-state index contributed by atoms with van der Waals surface area (Å²) in [7, 11) is 0. The molecular weight excluding hydrogens is 354 g/mol. The van der Waals surface area contributed by atoms with Crippen LogP contribution in [0.5, 0.6) is 0 Å². The van der Waals surface area contributed by atoms with Crippen LogP contribution in [-0.2, 0) is 10.3 Å². The third kappa shape index (κ3) is 3.05. The molecule has 1 fully saturated rings. The van der Waals surface area contributed by atoms with Gasteiger partial charge >= 0.3 is 6.03 Å². The zero-order valence-corrected chi connectivity index (χ0v) is 14.6. The lowest BCUT2D eigenvalue weighted by Gasteiger charge is -2.22. The van der Waals surface area contributed by atoms with E-state index in [1.165, 1.54) is 0 Å². The number of hydrogen-bond donors (Lipinski definition) is 1. The number of rotatable bonds is 4. The summed E-state index contributed by atoms with van der Waals surface area (Å²) in [4.78, 5) is 38.4. The molecule has 1 N–H and O–H groups in total. The van der Waals surface area contributed by atoms with Crippen molar-refractivity contribution in [1.82, 2.24) is 10.2 Å². The first kappa shape index (κ1) is 17.6. The Morgan fingerprint density at radius 2 is 1.92 bits per heavy atom. The lowest BCUT2D eigenvalue weighted by Crippen LogP contribution is -2.41. The van der Waals surface area contributed by atoms with Gasteiger partial charge in [0.2, 0.25) is 0 Å². The van der Waals surface area contributed by atoms with Gasteiger partial charge in [-0.1, -0.05) is 23.7 Å². The van der Waals surface area contributed by atoms with E-state index in [-0.39, 0.29) is 12.3 Å². The third-order valence-corrected chi connectivity index (χ3v) is 4.56. The van der Waals surface area contributed by atoms with Gasteiger partial charge in [0.25, 0.3) is 5.91 Å². The van der Waals surface area contributed by atoms with Crippen molar-refractivity contribution in [2.75, 3.05) is 6.54 Å². The summed E-state index contributed by atoms with van der Waals surface area (Å²) in [6, 6.07) is 14.0. The highest BCUT2D eigenvalue weighted by Gasteiger charge is 2.49. The Balaban J connectivity index is 1.85. The van der Waals surface area contributed by atoms with Crippen LogP contribution in [0.2, 0.25) is 5.02 Å². The average Bonchev–Trinajstić information content (AvgIpc) is 2.86. The summed E-state index contributed by atoms with van der Waals surface area (Å²) < 4.78 is 0. The maximum Gasteiger partial charge on any atom is 0.325 e. The SMILES string of the molecule is CC1(c2cccc(C#N)c2)NC(=O)N(CC(=O)c2ccc(Cl)cc2)C1=O. The molecule has 1 aliphatic rings. The standard InChI is InChI=1S/C19H14ClN3O3/c1-19(14-4-2-3-12(9-14)10-21)17(25)23(18(26)22-19)11-16(24)13-5-7-15(20)8-6-13/h2-9H,11H2,1H3,(H,22,26). The van der Waals surface area contributed by atoms with Crippen molar-refractivity contribution in [2.24, 2.45) is 0 Å². The van der Waals surface area contributed by atoms with Crippen molar-refractivity contribution in [3.05, 3.63) is 70.2 Å². The Hall–Kier alpha value is -3.17. The molecule has 7 heteroatoms. The predicted molar refractivity (Wildman–Crippen MR) is 94.5 cm³/mol. The Morgan fingerprint density at radius 3 is 2.58 bits per heavy atom. The largest absolute Gasteiger partial charge is 0.325 e. The van der Waals surface area contributed by atoms with Crippen LogP contribution in [0.4, 0.5) is 4.79 Å². The number of amides is 3. The third-order valence-electron chi connectivity index (χ3n) is 4.31. The van der Waals surface area contributed by atoms with Crippen molar-refractivity contribution in [2.45, 2.75) is 12.5 Å². The lowest BCUT2D eigenvalue weighted by molar-refractivity contribution is -0.130. The Labute approximate surface area is 155 Å². The summed E-state index contributed by atoms with van der Waals surface area (Å²) in [5, 5.41) is 12.1. The number of imide groups is 1. The van der Waals surface area contributed by atoms with E-state index in [9.17, 15) is 14.4 Å². The van der Waals surface area contributed by atoms with Gasteiger partial charge in [0.05, 0.1) is 18.2 Å². The van der Waals surface area contributed by atoms with Crippen molar-refractivity contribution in [3.8, 4) is 6.07 Å². The van der Waals surface area contributed by atoms with Crippen LogP contribution >= 0.6 is 11.6 Å². The van der Waals surface area contributed by atoms with Crippen molar-refractivity contribution < 1.29 is 14.4 Å². The van der Waals surface area contributed by atoms with Gasteiger partial charge < -0.3 is 5.32 Å². The molecule has 0 aromatic heterocycles. The summed E-state index contributed by atoms with van der Waals surface area (Å²) in [6.07, 6.45) is 0. The van der Waals surface area contributed by atoms with Gasteiger partial charge in [-0.15, -0.1) is 0 Å². The lowest BCUT2D eigenvalue weighted by atomic mass is 9.91. The fourth-order valence-corrected chi connectivity index (χ4v) is 2.93. The van der Waals surface area contributed by atoms with Crippen LogP contribution in [0.25, 0.3) is 0 Å². The molecule has 1 aliphatic heterocycles. The summed E-state index contributed by atoms with van der Waals surface area (Å²) in [6.45, 7) is 1.18. The highest BCUT2D eigenvalue weighted by Crippen LogP contribution is 2.29. The quantitative estimate of drug-likeness (QED) is 0.664. The van der Waals surface area contributed by atoms with Crippen LogP contribution < -0.4 is 5.32 Å².